The second-order valence-corrected chi connectivity index (χ2v) is 5.70. The van der Waals surface area contributed by atoms with Gasteiger partial charge in [0.25, 0.3) is 0 Å². The number of carbonyl (C=O) groups is 2. The molecule has 98 valence electrons. The molecular weight excluding hydrogens is 236 g/mol. The van der Waals surface area contributed by atoms with Gasteiger partial charge in [-0.25, -0.2) is 0 Å². The number of hydrogen-bond donors (Lipinski definition) is 1. The Kier molecular flexibility index (Phi) is 4.86. The number of rotatable bonds is 5. The molecule has 1 saturated heterocycles. The largest absolute Gasteiger partial charge is 0.332 e. The number of carbonyl (C=O) groups excluding carboxylic acids is 2. The normalized spacial score (nSPS) is 17.9. The van der Waals surface area contributed by atoms with Crippen molar-refractivity contribution in [3.63, 3.8) is 0 Å². The van der Waals surface area contributed by atoms with Crippen LogP contribution in [0.25, 0.3) is 0 Å². The van der Waals surface area contributed by atoms with Crippen LogP contribution in [-0.4, -0.2) is 53.5 Å². The van der Waals surface area contributed by atoms with Crippen molar-refractivity contribution in [1.29, 1.82) is 0 Å². The molecule has 0 aromatic rings. The van der Waals surface area contributed by atoms with E-state index in [1.165, 1.54) is 0 Å². The van der Waals surface area contributed by atoms with Gasteiger partial charge in [0.05, 0.1) is 13.1 Å². The summed E-state index contributed by atoms with van der Waals surface area (Å²) in [6, 6.07) is 0. The summed E-state index contributed by atoms with van der Waals surface area (Å²) < 4.78 is 0. The first kappa shape index (κ1) is 14.4. The summed E-state index contributed by atoms with van der Waals surface area (Å²) in [5.74, 6) is 0.804. The molecule has 17 heavy (non-hydrogen) atoms. The molecule has 0 N–H and O–H groups in total. The van der Waals surface area contributed by atoms with Crippen molar-refractivity contribution in [3.05, 3.63) is 0 Å². The summed E-state index contributed by atoms with van der Waals surface area (Å²) in [4.78, 5) is 27.1. The van der Waals surface area contributed by atoms with E-state index in [1.54, 1.807) is 9.80 Å². The van der Waals surface area contributed by atoms with E-state index in [9.17, 15) is 9.59 Å². The lowest BCUT2D eigenvalue weighted by molar-refractivity contribution is -0.151. The highest BCUT2D eigenvalue weighted by Gasteiger charge is 2.32. The number of nitrogens with zero attached hydrogens (tertiary/aromatic N) is 2. The van der Waals surface area contributed by atoms with Crippen molar-refractivity contribution in [2.75, 3.05) is 31.9 Å². The number of thiol groups is 1. The minimum atomic E-state index is -0.0496. The first-order valence-corrected chi connectivity index (χ1v) is 6.69. The van der Waals surface area contributed by atoms with Crippen LogP contribution in [0.1, 0.15) is 27.2 Å². The highest BCUT2D eigenvalue weighted by atomic mass is 32.1. The molecule has 0 aliphatic carbocycles. The monoisotopic (exact) mass is 258 g/mol. The third-order valence-corrected chi connectivity index (χ3v) is 3.75. The topological polar surface area (TPSA) is 40.6 Å². The molecule has 1 aliphatic rings. The minimum absolute atomic E-state index is 0.0490. The fourth-order valence-corrected chi connectivity index (χ4v) is 1.99. The van der Waals surface area contributed by atoms with Gasteiger partial charge in [0.1, 0.15) is 0 Å². The van der Waals surface area contributed by atoms with Crippen LogP contribution in [-0.2, 0) is 9.59 Å². The van der Waals surface area contributed by atoms with Crippen LogP contribution in [0.15, 0.2) is 0 Å². The Morgan fingerprint density at radius 3 is 2.24 bits per heavy atom. The number of hydrogen-bond acceptors (Lipinski definition) is 3. The molecule has 0 unspecified atom stereocenters. The van der Waals surface area contributed by atoms with Gasteiger partial charge in [-0.2, -0.15) is 12.6 Å². The SMILES string of the molecule is CCCN1CC(=O)N(CC(C)(C)CS)CC1=O. The molecule has 0 radical (unpaired) electrons. The molecule has 0 aromatic heterocycles. The van der Waals surface area contributed by atoms with E-state index in [2.05, 4.69) is 26.5 Å². The summed E-state index contributed by atoms with van der Waals surface area (Å²) in [5, 5.41) is 0. The van der Waals surface area contributed by atoms with Crippen LogP contribution in [0, 0.1) is 5.41 Å². The molecule has 0 aromatic carbocycles. The van der Waals surface area contributed by atoms with E-state index in [1.807, 2.05) is 6.92 Å². The predicted octanol–water partition coefficient (Wildman–Crippen LogP) is 1.02. The molecule has 0 atom stereocenters. The Labute approximate surface area is 109 Å². The van der Waals surface area contributed by atoms with Gasteiger partial charge in [0.2, 0.25) is 11.8 Å². The van der Waals surface area contributed by atoms with Crippen LogP contribution in [0.3, 0.4) is 0 Å². The highest BCUT2D eigenvalue weighted by molar-refractivity contribution is 7.80. The Bertz CT molecular complexity index is 305. The lowest BCUT2D eigenvalue weighted by Crippen LogP contribution is -2.55. The van der Waals surface area contributed by atoms with Gasteiger partial charge in [-0.05, 0) is 17.6 Å². The maximum absolute atomic E-state index is 11.9. The van der Waals surface area contributed by atoms with Gasteiger partial charge in [0.15, 0.2) is 0 Å². The van der Waals surface area contributed by atoms with Gasteiger partial charge in [0, 0.05) is 13.1 Å². The molecule has 0 saturated carbocycles. The van der Waals surface area contributed by atoms with E-state index in [0.29, 0.717) is 18.8 Å². The molecular formula is C12H22N2O2S. The zero-order valence-electron chi connectivity index (χ0n) is 10.9. The molecule has 1 rings (SSSR count). The standard InChI is InChI=1S/C12H22N2O2S/c1-4-5-13-6-11(16)14(7-10(13)15)8-12(2,3)9-17/h17H,4-9H2,1-3H3. The second-order valence-electron chi connectivity index (χ2n) is 5.39. The third-order valence-electron chi connectivity index (χ3n) is 2.90. The van der Waals surface area contributed by atoms with Crippen molar-refractivity contribution in [2.24, 2.45) is 5.41 Å². The van der Waals surface area contributed by atoms with Crippen molar-refractivity contribution in [3.8, 4) is 0 Å². The average Bonchev–Trinajstić information content (AvgIpc) is 2.25. The average molecular weight is 258 g/mol. The van der Waals surface area contributed by atoms with E-state index >= 15 is 0 Å². The third kappa shape index (κ3) is 3.91. The summed E-state index contributed by atoms with van der Waals surface area (Å²) in [6.45, 7) is 7.83. The molecule has 1 aliphatic heterocycles. The van der Waals surface area contributed by atoms with E-state index in [4.69, 9.17) is 0 Å². The Morgan fingerprint density at radius 1 is 1.18 bits per heavy atom. The zero-order chi connectivity index (χ0) is 13.1. The zero-order valence-corrected chi connectivity index (χ0v) is 11.8. The lowest BCUT2D eigenvalue weighted by atomic mass is 9.95. The molecule has 2 amide bonds. The van der Waals surface area contributed by atoms with Crippen molar-refractivity contribution >= 4 is 24.4 Å². The molecule has 1 heterocycles. The van der Waals surface area contributed by atoms with Crippen LogP contribution < -0.4 is 0 Å². The first-order chi connectivity index (χ1) is 7.89. The summed E-state index contributed by atoms with van der Waals surface area (Å²) in [6.07, 6.45) is 0.890. The Morgan fingerprint density at radius 2 is 1.71 bits per heavy atom. The fourth-order valence-electron chi connectivity index (χ4n) is 1.89. The number of piperazine rings is 1. The van der Waals surface area contributed by atoms with Crippen LogP contribution in [0.5, 0.6) is 0 Å². The molecule has 0 bridgehead atoms. The summed E-state index contributed by atoms with van der Waals surface area (Å²) in [7, 11) is 0. The van der Waals surface area contributed by atoms with Crippen molar-refractivity contribution < 1.29 is 9.59 Å². The Balaban J connectivity index is 2.61. The van der Waals surface area contributed by atoms with Gasteiger partial charge < -0.3 is 9.80 Å². The molecule has 0 spiro atoms. The first-order valence-electron chi connectivity index (χ1n) is 6.06. The van der Waals surface area contributed by atoms with Gasteiger partial charge >= 0.3 is 0 Å². The van der Waals surface area contributed by atoms with Gasteiger partial charge in [-0.3, -0.25) is 9.59 Å². The maximum atomic E-state index is 11.9. The smallest absolute Gasteiger partial charge is 0.242 e. The Hall–Kier alpha value is -0.710. The van der Waals surface area contributed by atoms with Crippen LogP contribution in [0.4, 0.5) is 0 Å². The van der Waals surface area contributed by atoms with Crippen LogP contribution >= 0.6 is 12.6 Å². The van der Waals surface area contributed by atoms with Crippen molar-refractivity contribution in [1.82, 2.24) is 9.80 Å². The van der Waals surface area contributed by atoms with Gasteiger partial charge in [-0.15, -0.1) is 0 Å². The molecule has 1 fully saturated rings. The predicted molar refractivity (Wildman–Crippen MR) is 71.1 cm³/mol. The van der Waals surface area contributed by atoms with E-state index < -0.39 is 0 Å². The quantitative estimate of drug-likeness (QED) is 0.748. The number of amides is 2. The summed E-state index contributed by atoms with van der Waals surface area (Å²) in [5.41, 5.74) is -0.0496. The van der Waals surface area contributed by atoms with Crippen LogP contribution in [0.2, 0.25) is 0 Å². The van der Waals surface area contributed by atoms with E-state index in [0.717, 1.165) is 6.42 Å². The lowest BCUT2D eigenvalue weighted by Gasteiger charge is -2.37. The second kappa shape index (κ2) is 5.76. The van der Waals surface area contributed by atoms with E-state index in [-0.39, 0.29) is 30.3 Å². The van der Waals surface area contributed by atoms with Crippen molar-refractivity contribution in [2.45, 2.75) is 27.2 Å². The fraction of sp³-hybridized carbons (Fsp3) is 0.833. The van der Waals surface area contributed by atoms with Gasteiger partial charge in [-0.1, -0.05) is 20.8 Å². The summed E-state index contributed by atoms with van der Waals surface area (Å²) >= 11 is 4.27. The minimum Gasteiger partial charge on any atom is -0.332 e. The highest BCUT2D eigenvalue weighted by Crippen LogP contribution is 2.20. The molecule has 4 nitrogen and oxygen atoms in total. The molecule has 5 heteroatoms. The maximum Gasteiger partial charge on any atom is 0.242 e.